The van der Waals surface area contributed by atoms with Gasteiger partial charge in [0.2, 0.25) is 0 Å². The van der Waals surface area contributed by atoms with Crippen molar-refractivity contribution in [2.45, 2.75) is 6.92 Å². The maximum Gasteiger partial charge on any atom is 0.330 e. The standard InChI is InChI=1S/C13H15BrO4/c1-3-17-12(15)8-5-9-18-13-10(14)6-4-7-11(13)16-2/h4-8H,3,9H2,1-2H3/b8-5+. The Morgan fingerprint density at radius 1 is 1.44 bits per heavy atom. The van der Waals surface area contributed by atoms with Crippen molar-refractivity contribution >= 4 is 21.9 Å². The fraction of sp³-hybridized carbons (Fsp3) is 0.308. The van der Waals surface area contributed by atoms with Gasteiger partial charge in [0.15, 0.2) is 11.5 Å². The van der Waals surface area contributed by atoms with Crippen molar-refractivity contribution in [1.29, 1.82) is 0 Å². The number of methoxy groups -OCH3 is 1. The SMILES string of the molecule is CCOC(=O)/C=C/COc1c(Br)cccc1OC. The monoisotopic (exact) mass is 314 g/mol. The Balaban J connectivity index is 2.56. The predicted octanol–water partition coefficient (Wildman–Crippen LogP) is 2.96. The lowest BCUT2D eigenvalue weighted by Crippen LogP contribution is -2.01. The van der Waals surface area contributed by atoms with E-state index in [0.717, 1.165) is 4.47 Å². The molecule has 0 aliphatic carbocycles. The van der Waals surface area contributed by atoms with E-state index in [1.54, 1.807) is 26.2 Å². The molecule has 98 valence electrons. The highest BCUT2D eigenvalue weighted by atomic mass is 79.9. The Morgan fingerprint density at radius 2 is 2.22 bits per heavy atom. The van der Waals surface area contributed by atoms with Gasteiger partial charge in [-0.25, -0.2) is 4.79 Å². The second kappa shape index (κ2) is 7.76. The normalized spacial score (nSPS) is 10.4. The number of esters is 1. The number of carbonyl (C=O) groups excluding carboxylic acids is 1. The topological polar surface area (TPSA) is 44.8 Å². The van der Waals surface area contributed by atoms with Gasteiger partial charge in [0.1, 0.15) is 6.61 Å². The largest absolute Gasteiger partial charge is 0.493 e. The van der Waals surface area contributed by atoms with Crippen LogP contribution in [0.25, 0.3) is 0 Å². The van der Waals surface area contributed by atoms with Crippen molar-refractivity contribution in [2.75, 3.05) is 20.3 Å². The average molecular weight is 315 g/mol. The third kappa shape index (κ3) is 4.41. The van der Waals surface area contributed by atoms with Crippen molar-refractivity contribution in [3.63, 3.8) is 0 Å². The van der Waals surface area contributed by atoms with Gasteiger partial charge in [-0.1, -0.05) is 6.07 Å². The second-order valence-electron chi connectivity index (χ2n) is 3.24. The molecule has 0 unspecified atom stereocenters. The third-order valence-corrected chi connectivity index (χ3v) is 2.64. The first-order valence-electron chi connectivity index (χ1n) is 5.47. The smallest absolute Gasteiger partial charge is 0.330 e. The van der Waals surface area contributed by atoms with Crippen LogP contribution in [-0.4, -0.2) is 26.3 Å². The van der Waals surface area contributed by atoms with E-state index in [1.807, 2.05) is 12.1 Å². The van der Waals surface area contributed by atoms with E-state index < -0.39 is 0 Å². The van der Waals surface area contributed by atoms with Crippen molar-refractivity contribution in [2.24, 2.45) is 0 Å². The molecule has 0 aromatic heterocycles. The van der Waals surface area contributed by atoms with Crippen LogP contribution >= 0.6 is 15.9 Å². The number of para-hydroxylation sites is 1. The van der Waals surface area contributed by atoms with Gasteiger partial charge < -0.3 is 14.2 Å². The molecule has 1 rings (SSSR count). The minimum Gasteiger partial charge on any atom is -0.493 e. The highest BCUT2D eigenvalue weighted by Crippen LogP contribution is 2.34. The van der Waals surface area contributed by atoms with Gasteiger partial charge in [-0.15, -0.1) is 0 Å². The lowest BCUT2D eigenvalue weighted by molar-refractivity contribution is -0.137. The van der Waals surface area contributed by atoms with Crippen LogP contribution in [0.4, 0.5) is 0 Å². The van der Waals surface area contributed by atoms with Crippen molar-refractivity contribution < 1.29 is 19.0 Å². The fourth-order valence-electron chi connectivity index (χ4n) is 1.26. The molecule has 0 radical (unpaired) electrons. The molecular weight excluding hydrogens is 300 g/mol. The summed E-state index contributed by atoms with van der Waals surface area (Å²) in [5, 5.41) is 0. The molecule has 0 saturated heterocycles. The van der Waals surface area contributed by atoms with E-state index in [0.29, 0.717) is 18.1 Å². The number of hydrogen-bond donors (Lipinski definition) is 0. The Hall–Kier alpha value is -1.49. The van der Waals surface area contributed by atoms with Gasteiger partial charge in [0, 0.05) is 6.08 Å². The summed E-state index contributed by atoms with van der Waals surface area (Å²) in [4.78, 5) is 11.0. The van der Waals surface area contributed by atoms with Crippen molar-refractivity contribution in [3.8, 4) is 11.5 Å². The van der Waals surface area contributed by atoms with E-state index in [2.05, 4.69) is 15.9 Å². The molecule has 0 aliphatic rings. The Bertz CT molecular complexity index is 429. The molecule has 5 heteroatoms. The molecule has 0 bridgehead atoms. The number of ether oxygens (including phenoxy) is 3. The van der Waals surface area contributed by atoms with Gasteiger partial charge in [-0.05, 0) is 41.1 Å². The molecule has 0 aliphatic heterocycles. The Labute approximate surface area is 115 Å². The summed E-state index contributed by atoms with van der Waals surface area (Å²) in [6, 6.07) is 5.51. The van der Waals surface area contributed by atoms with E-state index in [4.69, 9.17) is 14.2 Å². The molecule has 0 spiro atoms. The minimum absolute atomic E-state index is 0.262. The number of hydrogen-bond acceptors (Lipinski definition) is 4. The van der Waals surface area contributed by atoms with E-state index in [-0.39, 0.29) is 12.6 Å². The molecule has 0 fully saturated rings. The molecular formula is C13H15BrO4. The Kier molecular flexibility index (Phi) is 6.28. The summed E-state index contributed by atoms with van der Waals surface area (Å²) < 4.78 is 16.2. The number of halogens is 1. The van der Waals surface area contributed by atoms with Gasteiger partial charge in [0.05, 0.1) is 18.2 Å². The molecule has 4 nitrogen and oxygen atoms in total. The molecule has 18 heavy (non-hydrogen) atoms. The third-order valence-electron chi connectivity index (χ3n) is 2.02. The van der Waals surface area contributed by atoms with Crippen LogP contribution in [0.15, 0.2) is 34.8 Å². The molecule has 0 atom stereocenters. The van der Waals surface area contributed by atoms with Crippen LogP contribution in [0.1, 0.15) is 6.92 Å². The van der Waals surface area contributed by atoms with Crippen molar-refractivity contribution in [3.05, 3.63) is 34.8 Å². The molecule has 1 aromatic rings. The van der Waals surface area contributed by atoms with Crippen LogP contribution in [0.2, 0.25) is 0 Å². The first-order chi connectivity index (χ1) is 8.69. The number of carbonyl (C=O) groups is 1. The van der Waals surface area contributed by atoms with Crippen LogP contribution in [0.5, 0.6) is 11.5 Å². The van der Waals surface area contributed by atoms with Gasteiger partial charge in [0.25, 0.3) is 0 Å². The summed E-state index contributed by atoms with van der Waals surface area (Å²) in [6.07, 6.45) is 2.93. The van der Waals surface area contributed by atoms with E-state index in [9.17, 15) is 4.79 Å². The highest BCUT2D eigenvalue weighted by Gasteiger charge is 2.07. The lowest BCUT2D eigenvalue weighted by atomic mass is 10.3. The second-order valence-corrected chi connectivity index (χ2v) is 4.09. The lowest BCUT2D eigenvalue weighted by Gasteiger charge is -2.10. The summed E-state index contributed by atoms with van der Waals surface area (Å²) in [5.74, 6) is 0.864. The van der Waals surface area contributed by atoms with Gasteiger partial charge in [-0.2, -0.15) is 0 Å². The maximum absolute atomic E-state index is 11.0. The number of rotatable bonds is 6. The maximum atomic E-state index is 11.0. The van der Waals surface area contributed by atoms with E-state index >= 15 is 0 Å². The Morgan fingerprint density at radius 3 is 2.89 bits per heavy atom. The average Bonchev–Trinajstić information content (AvgIpc) is 2.36. The van der Waals surface area contributed by atoms with Crippen LogP contribution in [0, 0.1) is 0 Å². The summed E-state index contributed by atoms with van der Waals surface area (Å²) in [5.41, 5.74) is 0. The van der Waals surface area contributed by atoms with Gasteiger partial charge in [-0.3, -0.25) is 0 Å². The highest BCUT2D eigenvalue weighted by molar-refractivity contribution is 9.10. The van der Waals surface area contributed by atoms with Crippen molar-refractivity contribution in [1.82, 2.24) is 0 Å². The summed E-state index contributed by atoms with van der Waals surface area (Å²) in [6.45, 7) is 2.38. The first kappa shape index (κ1) is 14.6. The summed E-state index contributed by atoms with van der Waals surface area (Å²) >= 11 is 3.37. The van der Waals surface area contributed by atoms with Crippen LogP contribution < -0.4 is 9.47 Å². The van der Waals surface area contributed by atoms with Crippen LogP contribution in [-0.2, 0) is 9.53 Å². The predicted molar refractivity (Wildman–Crippen MR) is 72.0 cm³/mol. The molecule has 0 N–H and O–H groups in total. The quantitative estimate of drug-likeness (QED) is 0.598. The molecule has 0 saturated carbocycles. The minimum atomic E-state index is -0.375. The molecule has 1 aromatic carbocycles. The number of benzene rings is 1. The van der Waals surface area contributed by atoms with Gasteiger partial charge >= 0.3 is 5.97 Å². The van der Waals surface area contributed by atoms with E-state index in [1.165, 1.54) is 6.08 Å². The molecule has 0 heterocycles. The zero-order valence-corrected chi connectivity index (χ0v) is 11.9. The summed E-state index contributed by atoms with van der Waals surface area (Å²) in [7, 11) is 1.57. The first-order valence-corrected chi connectivity index (χ1v) is 6.27. The molecule has 0 amide bonds. The zero-order valence-electron chi connectivity index (χ0n) is 10.3. The fourth-order valence-corrected chi connectivity index (χ4v) is 1.72. The zero-order chi connectivity index (χ0) is 13.4. The van der Waals surface area contributed by atoms with Crippen LogP contribution in [0.3, 0.4) is 0 Å².